The Hall–Kier alpha value is -4.25. The molecule has 0 unspecified atom stereocenters. The summed E-state index contributed by atoms with van der Waals surface area (Å²) in [7, 11) is 0. The largest absolute Gasteiger partial charge is 0.394 e. The van der Waals surface area contributed by atoms with Gasteiger partial charge in [0.1, 0.15) is 18.1 Å². The molecule has 2 aromatic carbocycles. The summed E-state index contributed by atoms with van der Waals surface area (Å²) in [5.41, 5.74) is 1.31. The molecule has 0 radical (unpaired) electrons. The standard InChI is InChI=1S/C29H37N5O6/c1-3-20-27(38)32-22(18-11-7-5-8-12-18)15-25(36)31-21(4-2)28(39)34-24(17-35)29(40)33-23(16-26(37)30-20)19-13-9-6-10-14-19/h5-14,20-24,35H,3-4,15-17H2,1-2H3,(H,30,37)(H,31,36)(H,32,38)(H,33,40)(H,34,39)/t20-,21-,22+,23+,24-/m0/s1. The summed E-state index contributed by atoms with van der Waals surface area (Å²) in [6.07, 6.45) is 0.161. The van der Waals surface area contributed by atoms with Crippen molar-refractivity contribution in [3.05, 3.63) is 71.8 Å². The van der Waals surface area contributed by atoms with Gasteiger partial charge in [0.25, 0.3) is 0 Å². The zero-order chi connectivity index (χ0) is 29.1. The number of hydrogen-bond acceptors (Lipinski definition) is 6. The summed E-state index contributed by atoms with van der Waals surface area (Å²) in [5, 5.41) is 23.4. The fourth-order valence-electron chi connectivity index (χ4n) is 4.47. The first-order chi connectivity index (χ1) is 19.2. The van der Waals surface area contributed by atoms with Crippen molar-refractivity contribution in [2.24, 2.45) is 0 Å². The molecule has 11 nitrogen and oxygen atoms in total. The number of aliphatic hydroxyl groups is 1. The van der Waals surface area contributed by atoms with Gasteiger partial charge in [0.05, 0.1) is 31.5 Å². The van der Waals surface area contributed by atoms with E-state index in [4.69, 9.17) is 0 Å². The average molecular weight is 552 g/mol. The number of rotatable bonds is 5. The maximum atomic E-state index is 13.3. The summed E-state index contributed by atoms with van der Waals surface area (Å²) in [6, 6.07) is 13.0. The summed E-state index contributed by atoms with van der Waals surface area (Å²) in [5.74, 6) is -2.78. The van der Waals surface area contributed by atoms with Crippen LogP contribution in [0.4, 0.5) is 0 Å². The van der Waals surface area contributed by atoms with Crippen molar-refractivity contribution in [1.29, 1.82) is 0 Å². The number of nitrogens with one attached hydrogen (secondary N) is 5. The smallest absolute Gasteiger partial charge is 0.245 e. The molecule has 1 heterocycles. The number of carbonyl (C=O) groups excluding carboxylic acids is 5. The molecule has 0 bridgehead atoms. The van der Waals surface area contributed by atoms with Crippen molar-refractivity contribution in [3.63, 3.8) is 0 Å². The Balaban J connectivity index is 1.96. The van der Waals surface area contributed by atoms with E-state index < -0.39 is 66.4 Å². The lowest BCUT2D eigenvalue weighted by atomic mass is 10.0. The molecular weight excluding hydrogens is 514 g/mol. The van der Waals surface area contributed by atoms with Crippen LogP contribution >= 0.6 is 0 Å². The molecule has 5 amide bonds. The third-order valence-electron chi connectivity index (χ3n) is 6.75. The minimum atomic E-state index is -1.31. The molecule has 1 saturated heterocycles. The SMILES string of the molecule is CC[C@@H]1NC(=O)C[C@H](c2ccccc2)NC(=O)[C@H](CC)NC(=O)C[C@H](c2ccccc2)NC(=O)[C@H](CO)NC1=O. The lowest BCUT2D eigenvalue weighted by molar-refractivity contribution is -0.133. The van der Waals surface area contributed by atoms with Crippen LogP contribution in [-0.4, -0.2) is 59.4 Å². The molecule has 0 aliphatic carbocycles. The molecular formula is C29H37N5O6. The number of benzene rings is 2. The molecule has 6 N–H and O–H groups in total. The Morgan fingerprint density at radius 2 is 0.950 bits per heavy atom. The number of hydrogen-bond donors (Lipinski definition) is 6. The van der Waals surface area contributed by atoms with Crippen LogP contribution < -0.4 is 26.6 Å². The van der Waals surface area contributed by atoms with Crippen molar-refractivity contribution in [2.45, 2.75) is 69.7 Å². The normalized spacial score (nSPS) is 25.5. The minimum Gasteiger partial charge on any atom is -0.394 e. The van der Waals surface area contributed by atoms with Gasteiger partial charge in [0, 0.05) is 0 Å². The summed E-state index contributed by atoms with van der Waals surface area (Å²) >= 11 is 0. The van der Waals surface area contributed by atoms with E-state index in [0.717, 1.165) is 0 Å². The van der Waals surface area contributed by atoms with E-state index in [2.05, 4.69) is 26.6 Å². The highest BCUT2D eigenvalue weighted by atomic mass is 16.3. The van der Waals surface area contributed by atoms with Crippen molar-refractivity contribution in [1.82, 2.24) is 26.6 Å². The fraction of sp³-hybridized carbons (Fsp3) is 0.414. The maximum absolute atomic E-state index is 13.3. The predicted molar refractivity (Wildman–Crippen MR) is 147 cm³/mol. The lowest BCUT2D eigenvalue weighted by Crippen LogP contribution is -2.55. The second-order valence-corrected chi connectivity index (χ2v) is 9.65. The van der Waals surface area contributed by atoms with E-state index in [9.17, 15) is 29.1 Å². The Morgan fingerprint density at radius 3 is 1.32 bits per heavy atom. The van der Waals surface area contributed by atoms with Gasteiger partial charge in [-0.05, 0) is 24.0 Å². The molecule has 0 aromatic heterocycles. The van der Waals surface area contributed by atoms with Crippen molar-refractivity contribution in [2.75, 3.05) is 6.61 Å². The van der Waals surface area contributed by atoms with E-state index >= 15 is 0 Å². The summed E-state index contributed by atoms with van der Waals surface area (Å²) in [4.78, 5) is 65.5. The van der Waals surface area contributed by atoms with Crippen molar-refractivity contribution >= 4 is 29.5 Å². The Kier molecular flexibility index (Phi) is 11.2. The minimum absolute atomic E-state index is 0.163. The van der Waals surface area contributed by atoms with Crippen LogP contribution in [-0.2, 0) is 24.0 Å². The van der Waals surface area contributed by atoms with Gasteiger partial charge >= 0.3 is 0 Å². The van der Waals surface area contributed by atoms with Crippen LogP contribution in [0.5, 0.6) is 0 Å². The van der Waals surface area contributed by atoms with Gasteiger partial charge in [-0.2, -0.15) is 0 Å². The molecule has 1 fully saturated rings. The number of aliphatic hydroxyl groups excluding tert-OH is 1. The van der Waals surface area contributed by atoms with E-state index in [0.29, 0.717) is 11.1 Å². The van der Waals surface area contributed by atoms with Crippen LogP contribution in [0.2, 0.25) is 0 Å². The topological polar surface area (TPSA) is 166 Å². The van der Waals surface area contributed by atoms with Gasteiger partial charge in [-0.15, -0.1) is 0 Å². The quantitative estimate of drug-likeness (QED) is 0.321. The van der Waals surface area contributed by atoms with Crippen molar-refractivity contribution < 1.29 is 29.1 Å². The summed E-state index contributed by atoms with van der Waals surface area (Å²) < 4.78 is 0. The second kappa shape index (κ2) is 14.8. The summed E-state index contributed by atoms with van der Waals surface area (Å²) in [6.45, 7) is 2.76. The highest BCUT2D eigenvalue weighted by molar-refractivity contribution is 5.93. The van der Waals surface area contributed by atoms with Gasteiger partial charge in [0.2, 0.25) is 29.5 Å². The molecule has 214 valence electrons. The molecule has 5 atom stereocenters. The second-order valence-electron chi connectivity index (χ2n) is 9.65. The van der Waals surface area contributed by atoms with E-state index in [1.165, 1.54) is 0 Å². The van der Waals surface area contributed by atoms with Gasteiger partial charge in [-0.25, -0.2) is 0 Å². The van der Waals surface area contributed by atoms with E-state index in [-0.39, 0.29) is 25.7 Å². The molecule has 11 heteroatoms. The number of carbonyl (C=O) groups is 5. The molecule has 40 heavy (non-hydrogen) atoms. The maximum Gasteiger partial charge on any atom is 0.245 e. The third-order valence-corrected chi connectivity index (χ3v) is 6.75. The van der Waals surface area contributed by atoms with Crippen molar-refractivity contribution in [3.8, 4) is 0 Å². The van der Waals surface area contributed by atoms with E-state index in [1.807, 2.05) is 6.07 Å². The third kappa shape index (κ3) is 8.37. The monoisotopic (exact) mass is 551 g/mol. The van der Waals surface area contributed by atoms with Crippen LogP contribution in [0, 0.1) is 0 Å². The van der Waals surface area contributed by atoms with Crippen LogP contribution in [0.15, 0.2) is 60.7 Å². The molecule has 2 aromatic rings. The van der Waals surface area contributed by atoms with Gasteiger partial charge in [0.15, 0.2) is 0 Å². The molecule has 0 spiro atoms. The first-order valence-corrected chi connectivity index (χ1v) is 13.5. The Labute approximate surface area is 233 Å². The Bertz CT molecular complexity index is 1180. The van der Waals surface area contributed by atoms with Gasteiger partial charge in [-0.1, -0.05) is 74.5 Å². The van der Waals surface area contributed by atoms with Gasteiger partial charge < -0.3 is 31.7 Å². The van der Waals surface area contributed by atoms with Crippen LogP contribution in [0.3, 0.4) is 0 Å². The van der Waals surface area contributed by atoms with Crippen LogP contribution in [0.1, 0.15) is 62.7 Å². The number of amides is 5. The van der Waals surface area contributed by atoms with E-state index in [1.54, 1.807) is 68.4 Å². The first kappa shape index (κ1) is 30.3. The molecule has 0 saturated carbocycles. The molecule has 1 aliphatic heterocycles. The zero-order valence-electron chi connectivity index (χ0n) is 22.7. The van der Waals surface area contributed by atoms with Gasteiger partial charge in [-0.3, -0.25) is 24.0 Å². The highest BCUT2D eigenvalue weighted by Crippen LogP contribution is 2.19. The molecule has 1 aliphatic rings. The van der Waals surface area contributed by atoms with Crippen LogP contribution in [0.25, 0.3) is 0 Å². The predicted octanol–water partition coefficient (Wildman–Crippen LogP) is 0.762. The lowest BCUT2D eigenvalue weighted by Gasteiger charge is -2.25. The fourth-order valence-corrected chi connectivity index (χ4v) is 4.47. The average Bonchev–Trinajstić information content (AvgIpc) is 2.96. The molecule has 3 rings (SSSR count). The zero-order valence-corrected chi connectivity index (χ0v) is 22.7. The highest BCUT2D eigenvalue weighted by Gasteiger charge is 2.31. The first-order valence-electron chi connectivity index (χ1n) is 13.5. The Morgan fingerprint density at radius 1 is 0.575 bits per heavy atom.